The minimum atomic E-state index is -1.35. The molecule has 67 heavy (non-hydrogen) atoms. The number of nitrogens with zero attached hydrogens (tertiary/aromatic N) is 2. The molecule has 2 aliphatic rings. The molecule has 22 nitrogen and oxygen atoms in total. The highest BCUT2D eigenvalue weighted by atomic mass is 16.4. The van der Waals surface area contributed by atoms with E-state index in [1.807, 2.05) is 0 Å². The summed E-state index contributed by atoms with van der Waals surface area (Å²) in [5, 5.41) is 36.2. The summed E-state index contributed by atoms with van der Waals surface area (Å²) >= 11 is 0. The molecule has 0 aromatic heterocycles. The fourth-order valence-corrected chi connectivity index (χ4v) is 8.24. The number of hydrogen-bond donors (Lipinski definition) is 12. The number of amides is 7. The van der Waals surface area contributed by atoms with Gasteiger partial charge in [-0.05, 0) is 76.3 Å². The zero-order valence-electron chi connectivity index (χ0n) is 38.6. The molecule has 374 valence electrons. The van der Waals surface area contributed by atoms with E-state index in [2.05, 4.69) is 36.9 Å². The standard InChI is InChI=1S/C45H74N12O10/c46-23-9-6-16-31(47)38(61)54-32(17-10-26-52-44(48)49)39(62)50-24-12-20-37(60)56-45(21-7-1-2-8-22-45)43(67)51-25-11-19-36(59)53-34(29-58)41(64)57-27-13-18-35(57)40(63)55-33(42(65)66)28-30-14-4-3-5-15-30/h3-5,14-15,31-35,58H,1-2,6-13,16-29,46-47H2,(H,50,62)(H,51,67)(H,53,59)(H,54,61)(H,55,63)(H,56,60)(H,65,66)(H4,48,49,52)/t31-,32-,33-,34-,35-/m0/s1. The van der Waals surface area contributed by atoms with Gasteiger partial charge in [0.05, 0.1) is 12.6 Å². The molecule has 1 aliphatic heterocycles. The molecule has 1 heterocycles. The van der Waals surface area contributed by atoms with Gasteiger partial charge < -0.3 is 69.9 Å². The number of guanidine groups is 1. The lowest BCUT2D eigenvalue weighted by molar-refractivity contribution is -0.145. The molecular formula is C45H74N12O10. The lowest BCUT2D eigenvalue weighted by Gasteiger charge is -2.32. The molecule has 0 spiro atoms. The second kappa shape index (κ2) is 29.7. The molecule has 22 heteroatoms. The van der Waals surface area contributed by atoms with Crippen LogP contribution in [0, 0.1) is 0 Å². The van der Waals surface area contributed by atoms with Gasteiger partial charge in [-0.1, -0.05) is 62.4 Å². The normalized spacial score (nSPS) is 17.3. The molecule has 16 N–H and O–H groups in total. The number of carboxylic acids is 1. The second-order valence-electron chi connectivity index (χ2n) is 17.3. The highest BCUT2D eigenvalue weighted by molar-refractivity contribution is 5.94. The fourth-order valence-electron chi connectivity index (χ4n) is 8.24. The van der Waals surface area contributed by atoms with Crippen molar-refractivity contribution in [3.63, 3.8) is 0 Å². The van der Waals surface area contributed by atoms with Crippen LogP contribution in [0.1, 0.15) is 115 Å². The second-order valence-corrected chi connectivity index (χ2v) is 17.3. The number of nitrogens with one attached hydrogen (secondary N) is 6. The molecule has 3 rings (SSSR count). The van der Waals surface area contributed by atoms with E-state index < -0.39 is 77.9 Å². The molecule has 0 bridgehead atoms. The number of carbonyl (C=O) groups is 8. The average Bonchev–Trinajstić information content (AvgIpc) is 3.68. The Morgan fingerprint density at radius 3 is 2.07 bits per heavy atom. The van der Waals surface area contributed by atoms with Crippen molar-refractivity contribution in [2.75, 3.05) is 39.3 Å². The molecule has 1 aliphatic carbocycles. The van der Waals surface area contributed by atoms with Crippen LogP contribution in [-0.2, 0) is 44.8 Å². The van der Waals surface area contributed by atoms with E-state index in [1.54, 1.807) is 30.3 Å². The maximum Gasteiger partial charge on any atom is 0.326 e. The van der Waals surface area contributed by atoms with Gasteiger partial charge in [0.2, 0.25) is 41.4 Å². The number of nitrogens with two attached hydrogens (primary N) is 4. The predicted molar refractivity (Wildman–Crippen MR) is 249 cm³/mol. The van der Waals surface area contributed by atoms with Crippen LogP contribution in [0.4, 0.5) is 0 Å². The predicted octanol–water partition coefficient (Wildman–Crippen LogP) is -1.74. The molecule has 1 aromatic rings. The van der Waals surface area contributed by atoms with Gasteiger partial charge in [0.25, 0.3) is 0 Å². The first-order chi connectivity index (χ1) is 32.1. The summed E-state index contributed by atoms with van der Waals surface area (Å²) < 4.78 is 0. The molecule has 1 saturated carbocycles. The molecule has 0 radical (unpaired) electrons. The number of unbranched alkanes of at least 4 members (excludes halogenated alkanes) is 1. The van der Waals surface area contributed by atoms with Gasteiger partial charge in [0.1, 0.15) is 29.7 Å². The Balaban J connectivity index is 1.48. The van der Waals surface area contributed by atoms with E-state index in [0.29, 0.717) is 69.9 Å². The largest absolute Gasteiger partial charge is 0.480 e. The maximum atomic E-state index is 13.7. The maximum absolute atomic E-state index is 13.7. The van der Waals surface area contributed by atoms with E-state index in [0.717, 1.165) is 12.8 Å². The highest BCUT2D eigenvalue weighted by Gasteiger charge is 2.41. The van der Waals surface area contributed by atoms with Gasteiger partial charge in [0.15, 0.2) is 5.96 Å². The van der Waals surface area contributed by atoms with Gasteiger partial charge in [-0.2, -0.15) is 0 Å². The van der Waals surface area contributed by atoms with Crippen LogP contribution in [-0.4, -0.2) is 143 Å². The van der Waals surface area contributed by atoms with E-state index in [-0.39, 0.29) is 88.9 Å². The Hall–Kier alpha value is -5.87. The van der Waals surface area contributed by atoms with Crippen molar-refractivity contribution in [3.8, 4) is 0 Å². The lowest BCUT2D eigenvalue weighted by atomic mass is 9.88. The Bertz CT molecular complexity index is 1810. The molecule has 7 amide bonds. The first-order valence-corrected chi connectivity index (χ1v) is 23.6. The molecule has 2 fully saturated rings. The number of rotatable bonds is 29. The average molecular weight is 943 g/mol. The van der Waals surface area contributed by atoms with Crippen LogP contribution in [0.5, 0.6) is 0 Å². The number of carbonyl (C=O) groups excluding carboxylic acids is 7. The summed E-state index contributed by atoms with van der Waals surface area (Å²) in [7, 11) is 0. The molecule has 1 aromatic carbocycles. The summed E-state index contributed by atoms with van der Waals surface area (Å²) in [4.78, 5) is 110. The SMILES string of the molecule is NCCCC[C@H](N)C(=O)N[C@@H](CCCN=C(N)N)C(=O)NCCCC(=O)NC1(C(=O)NCCCC(=O)N[C@@H](CO)C(=O)N2CCC[C@H]2C(=O)N[C@@H](Cc2ccccc2)C(=O)O)CCCCCC1. The number of hydrogen-bond acceptors (Lipinski definition) is 12. The van der Waals surface area contributed by atoms with Gasteiger partial charge in [-0.3, -0.25) is 38.6 Å². The minimum Gasteiger partial charge on any atom is -0.480 e. The summed E-state index contributed by atoms with van der Waals surface area (Å²) in [6, 6.07) is 3.52. The smallest absolute Gasteiger partial charge is 0.326 e. The van der Waals surface area contributed by atoms with Crippen molar-refractivity contribution in [2.24, 2.45) is 27.9 Å². The zero-order valence-corrected chi connectivity index (χ0v) is 38.6. The Morgan fingerprint density at radius 1 is 0.761 bits per heavy atom. The number of carboxylic acid groups (broad SMARTS) is 1. The van der Waals surface area contributed by atoms with Gasteiger partial charge in [-0.15, -0.1) is 0 Å². The monoisotopic (exact) mass is 943 g/mol. The summed E-state index contributed by atoms with van der Waals surface area (Å²) in [6.45, 7) is 0.372. The van der Waals surface area contributed by atoms with E-state index >= 15 is 0 Å². The minimum absolute atomic E-state index is 0.00766. The van der Waals surface area contributed by atoms with Crippen molar-refractivity contribution in [1.29, 1.82) is 0 Å². The number of aliphatic imine (C=N–C) groups is 1. The van der Waals surface area contributed by atoms with E-state index in [9.17, 15) is 48.6 Å². The molecule has 0 unspecified atom stereocenters. The van der Waals surface area contributed by atoms with E-state index in [1.165, 1.54) is 4.90 Å². The van der Waals surface area contributed by atoms with Crippen molar-refractivity contribution >= 4 is 53.3 Å². The van der Waals surface area contributed by atoms with Gasteiger partial charge in [-0.25, -0.2) is 4.79 Å². The molecule has 5 atom stereocenters. The third-order valence-electron chi connectivity index (χ3n) is 12.0. The van der Waals surface area contributed by atoms with Gasteiger partial charge in [0, 0.05) is 45.4 Å². The van der Waals surface area contributed by atoms with Crippen molar-refractivity contribution in [3.05, 3.63) is 35.9 Å². The van der Waals surface area contributed by atoms with Crippen molar-refractivity contribution in [2.45, 2.75) is 151 Å². The number of aliphatic hydroxyl groups excluding tert-OH is 1. The summed E-state index contributed by atoms with van der Waals surface area (Å²) in [5.74, 6) is -4.88. The summed E-state index contributed by atoms with van der Waals surface area (Å²) in [6.07, 6.45) is 7.58. The van der Waals surface area contributed by atoms with Crippen molar-refractivity contribution in [1.82, 2.24) is 36.8 Å². The van der Waals surface area contributed by atoms with Gasteiger partial charge >= 0.3 is 5.97 Å². The topological polar surface area (TPSA) is 369 Å². The van der Waals surface area contributed by atoms with Crippen LogP contribution in [0.15, 0.2) is 35.3 Å². The van der Waals surface area contributed by atoms with Crippen LogP contribution < -0.4 is 54.8 Å². The fraction of sp³-hybridized carbons (Fsp3) is 0.667. The van der Waals surface area contributed by atoms with Crippen LogP contribution in [0.3, 0.4) is 0 Å². The van der Waals surface area contributed by atoms with Crippen molar-refractivity contribution < 1.29 is 48.6 Å². The number of aliphatic hydroxyl groups is 1. The zero-order chi connectivity index (χ0) is 49.2. The third-order valence-corrected chi connectivity index (χ3v) is 12.0. The first-order valence-electron chi connectivity index (χ1n) is 23.6. The third kappa shape index (κ3) is 19.5. The highest BCUT2D eigenvalue weighted by Crippen LogP contribution is 2.28. The first kappa shape index (κ1) is 55.5. The molecule has 1 saturated heterocycles. The van der Waals surface area contributed by atoms with Crippen LogP contribution in [0.2, 0.25) is 0 Å². The number of likely N-dealkylation sites (tertiary alicyclic amines) is 1. The van der Waals surface area contributed by atoms with Crippen LogP contribution in [0.25, 0.3) is 0 Å². The summed E-state index contributed by atoms with van der Waals surface area (Å²) in [5.41, 5.74) is 21.9. The Kier molecular flexibility index (Phi) is 24.6. The Labute approximate surface area is 392 Å². The lowest BCUT2D eigenvalue weighted by Crippen LogP contribution is -2.58. The number of benzene rings is 1. The van der Waals surface area contributed by atoms with Crippen LogP contribution >= 0.6 is 0 Å². The Morgan fingerprint density at radius 2 is 1.43 bits per heavy atom. The molecular weight excluding hydrogens is 869 g/mol. The quantitative estimate of drug-likeness (QED) is 0.0184. The van der Waals surface area contributed by atoms with E-state index in [4.69, 9.17) is 22.9 Å². The number of aliphatic carboxylic acids is 1.